The van der Waals surface area contributed by atoms with Crippen LogP contribution in [-0.2, 0) is 9.47 Å². The van der Waals surface area contributed by atoms with Crippen molar-refractivity contribution in [3.63, 3.8) is 0 Å². The molecule has 0 spiro atoms. The van der Waals surface area contributed by atoms with Gasteiger partial charge in [-0.2, -0.15) is 13.5 Å². The second-order valence-electron chi connectivity index (χ2n) is 0.934. The molecule has 0 aromatic carbocycles. The van der Waals surface area contributed by atoms with Crippen molar-refractivity contribution in [3.8, 4) is 0 Å². The van der Waals surface area contributed by atoms with Crippen LogP contribution in [0.2, 0.25) is 0 Å². The molecular formula is C3H9LiO2S. The van der Waals surface area contributed by atoms with E-state index < -0.39 is 0 Å². The summed E-state index contributed by atoms with van der Waals surface area (Å²) >= 11 is 0. The molecule has 1 rings (SSSR count). The van der Waals surface area contributed by atoms with E-state index >= 15 is 0 Å². The zero-order valence-corrected chi connectivity index (χ0v) is 4.44. The second kappa shape index (κ2) is 6.87. The first-order chi connectivity index (χ1) is 2.50. The third-order valence-corrected chi connectivity index (χ3v) is 0.539. The molecule has 1 saturated heterocycles. The van der Waals surface area contributed by atoms with E-state index in [1.54, 1.807) is 0 Å². The molecule has 7 heavy (non-hydrogen) atoms. The molecule has 0 amide bonds. The Kier molecular flexibility index (Phi) is 10.6. The zero-order valence-electron chi connectivity index (χ0n) is 3.44. The maximum absolute atomic E-state index is 4.72. The first kappa shape index (κ1) is 10.8. The molecule has 2 nitrogen and oxygen atoms in total. The van der Waals surface area contributed by atoms with E-state index in [1.807, 2.05) is 0 Å². The molecule has 0 atom stereocenters. The molecule has 1 aliphatic heterocycles. The Labute approximate surface area is 62.2 Å². The van der Waals surface area contributed by atoms with Crippen LogP contribution in [0.15, 0.2) is 0 Å². The van der Waals surface area contributed by atoms with Crippen molar-refractivity contribution in [2.45, 2.75) is 0 Å². The standard InChI is InChI=1S/C3H6O2.Li.H2S.H/c1-2-5-3-4-1;;;/h1-3H2;;1H2;. The number of hydrogen-bond acceptors (Lipinski definition) is 2. The van der Waals surface area contributed by atoms with Crippen molar-refractivity contribution in [2.24, 2.45) is 0 Å². The van der Waals surface area contributed by atoms with Crippen LogP contribution in [0.5, 0.6) is 0 Å². The summed E-state index contributed by atoms with van der Waals surface area (Å²) in [6, 6.07) is 0. The van der Waals surface area contributed by atoms with E-state index in [4.69, 9.17) is 9.47 Å². The van der Waals surface area contributed by atoms with E-state index in [-0.39, 0.29) is 32.4 Å². The Balaban J connectivity index is 0. The van der Waals surface area contributed by atoms with Gasteiger partial charge in [-0.1, -0.05) is 0 Å². The Morgan fingerprint density at radius 3 is 1.57 bits per heavy atom. The Bertz CT molecular complexity index is 24.5. The van der Waals surface area contributed by atoms with Gasteiger partial charge in [-0.3, -0.25) is 0 Å². The average molecular weight is 116 g/mol. The van der Waals surface area contributed by atoms with E-state index in [2.05, 4.69) is 0 Å². The van der Waals surface area contributed by atoms with Crippen LogP contribution in [0.1, 0.15) is 0 Å². The molecule has 0 aromatic heterocycles. The quantitative estimate of drug-likeness (QED) is 0.395. The minimum atomic E-state index is 0. The van der Waals surface area contributed by atoms with Crippen molar-refractivity contribution >= 4 is 32.4 Å². The Morgan fingerprint density at radius 2 is 1.43 bits per heavy atom. The van der Waals surface area contributed by atoms with Crippen LogP contribution in [-0.4, -0.2) is 38.9 Å². The van der Waals surface area contributed by atoms with Gasteiger partial charge in [0.15, 0.2) is 0 Å². The van der Waals surface area contributed by atoms with Crippen LogP contribution >= 0.6 is 13.5 Å². The first-order valence-corrected chi connectivity index (χ1v) is 1.65. The molecule has 1 aliphatic rings. The summed E-state index contributed by atoms with van der Waals surface area (Å²) in [6.07, 6.45) is 0. The molecule has 0 aromatic rings. The van der Waals surface area contributed by atoms with Gasteiger partial charge in [0.05, 0.1) is 13.2 Å². The molecule has 0 unspecified atom stereocenters. The van der Waals surface area contributed by atoms with Crippen molar-refractivity contribution in [1.82, 2.24) is 0 Å². The van der Waals surface area contributed by atoms with Gasteiger partial charge >= 0.3 is 18.9 Å². The molecule has 1 heterocycles. The zero-order chi connectivity index (χ0) is 3.54. The predicted octanol–water partition coefficient (Wildman–Crippen LogP) is -0.545. The average Bonchev–Trinajstić information content (AvgIpc) is 1.76. The van der Waals surface area contributed by atoms with Gasteiger partial charge in [0.2, 0.25) is 0 Å². The van der Waals surface area contributed by atoms with Crippen molar-refractivity contribution in [2.75, 3.05) is 20.0 Å². The Hall–Kier alpha value is 0.867. The molecule has 0 N–H and O–H groups in total. The summed E-state index contributed by atoms with van der Waals surface area (Å²) in [5.74, 6) is 0. The van der Waals surface area contributed by atoms with Gasteiger partial charge in [-0.05, 0) is 0 Å². The maximum atomic E-state index is 4.72. The Morgan fingerprint density at radius 1 is 1.00 bits per heavy atom. The fourth-order valence-electron chi connectivity index (χ4n) is 0.295. The molecule has 4 heteroatoms. The van der Waals surface area contributed by atoms with Crippen molar-refractivity contribution < 1.29 is 9.47 Å². The molecule has 1 fully saturated rings. The third kappa shape index (κ3) is 4.73. The topological polar surface area (TPSA) is 18.5 Å². The van der Waals surface area contributed by atoms with Crippen molar-refractivity contribution in [3.05, 3.63) is 0 Å². The van der Waals surface area contributed by atoms with Gasteiger partial charge in [0.1, 0.15) is 6.79 Å². The van der Waals surface area contributed by atoms with E-state index in [0.29, 0.717) is 6.79 Å². The number of ether oxygens (including phenoxy) is 2. The summed E-state index contributed by atoms with van der Waals surface area (Å²) in [6.45, 7) is 2.06. The predicted molar refractivity (Wildman–Crippen MR) is 34.3 cm³/mol. The monoisotopic (exact) mass is 116 g/mol. The summed E-state index contributed by atoms with van der Waals surface area (Å²) in [4.78, 5) is 0. The third-order valence-electron chi connectivity index (χ3n) is 0.539. The van der Waals surface area contributed by atoms with Gasteiger partial charge in [0, 0.05) is 0 Å². The minimum absolute atomic E-state index is 0. The van der Waals surface area contributed by atoms with E-state index in [0.717, 1.165) is 13.2 Å². The molecule has 0 saturated carbocycles. The fraction of sp³-hybridized carbons (Fsp3) is 1.00. The molecular weight excluding hydrogens is 107 g/mol. The molecule has 0 bridgehead atoms. The van der Waals surface area contributed by atoms with E-state index in [1.165, 1.54) is 0 Å². The first-order valence-electron chi connectivity index (χ1n) is 1.65. The molecule has 40 valence electrons. The van der Waals surface area contributed by atoms with Crippen LogP contribution in [0.3, 0.4) is 0 Å². The van der Waals surface area contributed by atoms with Crippen LogP contribution < -0.4 is 0 Å². The number of hydrogen-bond donors (Lipinski definition) is 0. The summed E-state index contributed by atoms with van der Waals surface area (Å²) in [5.41, 5.74) is 0. The van der Waals surface area contributed by atoms with Crippen LogP contribution in [0.4, 0.5) is 0 Å². The van der Waals surface area contributed by atoms with Gasteiger partial charge in [0.25, 0.3) is 0 Å². The summed E-state index contributed by atoms with van der Waals surface area (Å²) in [7, 11) is 0. The molecule has 0 radical (unpaired) electrons. The van der Waals surface area contributed by atoms with Gasteiger partial charge < -0.3 is 9.47 Å². The van der Waals surface area contributed by atoms with Crippen LogP contribution in [0, 0.1) is 0 Å². The van der Waals surface area contributed by atoms with Crippen molar-refractivity contribution in [1.29, 1.82) is 0 Å². The summed E-state index contributed by atoms with van der Waals surface area (Å²) < 4.78 is 9.44. The normalized spacial score (nSPS) is 17.1. The second-order valence-corrected chi connectivity index (χ2v) is 0.934. The van der Waals surface area contributed by atoms with E-state index in [9.17, 15) is 0 Å². The number of rotatable bonds is 0. The SMILES string of the molecule is C1COCO1.S.[LiH]. The van der Waals surface area contributed by atoms with Gasteiger partial charge in [-0.15, -0.1) is 0 Å². The fourth-order valence-corrected chi connectivity index (χ4v) is 0.295. The van der Waals surface area contributed by atoms with Crippen LogP contribution in [0.25, 0.3) is 0 Å². The van der Waals surface area contributed by atoms with Gasteiger partial charge in [-0.25, -0.2) is 0 Å². The molecule has 0 aliphatic carbocycles. The summed E-state index contributed by atoms with van der Waals surface area (Å²) in [5, 5.41) is 0.